The number of nitrogens with zero attached hydrogens (tertiary/aromatic N) is 2. The molecule has 1 aromatic heterocycles. The van der Waals surface area contributed by atoms with Gasteiger partial charge in [0, 0.05) is 0 Å². The first kappa shape index (κ1) is 12.8. The standard InChI is InChI=1S/C14H15ClN2O/c1-2-3-11-4-6-13(7-5-11)18-10-12-8-17-14(15)9-16-12/h4-9H,2-3,10H2,1H3. The summed E-state index contributed by atoms with van der Waals surface area (Å²) in [5.41, 5.74) is 2.09. The monoisotopic (exact) mass is 262 g/mol. The molecule has 3 nitrogen and oxygen atoms in total. The van der Waals surface area contributed by atoms with Crippen LogP contribution in [-0.4, -0.2) is 9.97 Å². The number of halogens is 1. The van der Waals surface area contributed by atoms with Crippen LogP contribution in [0.3, 0.4) is 0 Å². The number of hydrogen-bond acceptors (Lipinski definition) is 3. The largest absolute Gasteiger partial charge is 0.487 e. The zero-order valence-corrected chi connectivity index (χ0v) is 11.0. The number of aryl methyl sites for hydroxylation is 1. The molecule has 0 N–H and O–H groups in total. The molecule has 94 valence electrons. The average Bonchev–Trinajstić information content (AvgIpc) is 2.40. The molecule has 0 bridgehead atoms. The van der Waals surface area contributed by atoms with E-state index >= 15 is 0 Å². The Morgan fingerprint density at radius 3 is 2.50 bits per heavy atom. The molecular formula is C14H15ClN2O. The van der Waals surface area contributed by atoms with Crippen molar-refractivity contribution in [2.24, 2.45) is 0 Å². The predicted octanol–water partition coefficient (Wildman–Crippen LogP) is 3.66. The van der Waals surface area contributed by atoms with Gasteiger partial charge in [0.25, 0.3) is 0 Å². The molecule has 18 heavy (non-hydrogen) atoms. The molecule has 0 spiro atoms. The minimum Gasteiger partial charge on any atom is -0.487 e. The maximum absolute atomic E-state index is 5.66. The van der Waals surface area contributed by atoms with Crippen LogP contribution in [0.1, 0.15) is 24.6 Å². The Bertz CT molecular complexity index is 482. The molecule has 0 fully saturated rings. The SMILES string of the molecule is CCCc1ccc(OCc2cnc(Cl)cn2)cc1. The Balaban J connectivity index is 1.91. The lowest BCUT2D eigenvalue weighted by Crippen LogP contribution is -1.99. The van der Waals surface area contributed by atoms with Crippen LogP contribution in [0.4, 0.5) is 0 Å². The zero-order chi connectivity index (χ0) is 12.8. The van der Waals surface area contributed by atoms with Crippen molar-refractivity contribution < 1.29 is 4.74 Å². The van der Waals surface area contributed by atoms with Gasteiger partial charge in [0.05, 0.1) is 18.1 Å². The second kappa shape index (κ2) is 6.36. The molecule has 0 aliphatic carbocycles. The molecule has 1 heterocycles. The van der Waals surface area contributed by atoms with Gasteiger partial charge >= 0.3 is 0 Å². The molecule has 0 radical (unpaired) electrons. The summed E-state index contributed by atoms with van der Waals surface area (Å²) >= 11 is 5.66. The molecule has 0 atom stereocenters. The summed E-state index contributed by atoms with van der Waals surface area (Å²) in [7, 11) is 0. The third-order valence-electron chi connectivity index (χ3n) is 2.52. The highest BCUT2D eigenvalue weighted by molar-refractivity contribution is 6.29. The summed E-state index contributed by atoms with van der Waals surface area (Å²) < 4.78 is 5.62. The van der Waals surface area contributed by atoms with E-state index in [2.05, 4.69) is 29.0 Å². The highest BCUT2D eigenvalue weighted by atomic mass is 35.5. The topological polar surface area (TPSA) is 35.0 Å². The highest BCUT2D eigenvalue weighted by Gasteiger charge is 1.99. The van der Waals surface area contributed by atoms with Crippen LogP contribution in [0.25, 0.3) is 0 Å². The van der Waals surface area contributed by atoms with Gasteiger partial charge in [-0.15, -0.1) is 0 Å². The van der Waals surface area contributed by atoms with Crippen LogP contribution in [0.5, 0.6) is 5.75 Å². The first-order valence-electron chi connectivity index (χ1n) is 5.96. The van der Waals surface area contributed by atoms with Crippen molar-refractivity contribution in [1.82, 2.24) is 9.97 Å². The molecule has 2 aromatic rings. The van der Waals surface area contributed by atoms with Crippen molar-refractivity contribution in [2.75, 3.05) is 0 Å². The minimum absolute atomic E-state index is 0.391. The van der Waals surface area contributed by atoms with E-state index in [9.17, 15) is 0 Å². The Kier molecular flexibility index (Phi) is 4.53. The lowest BCUT2D eigenvalue weighted by molar-refractivity contribution is 0.300. The third-order valence-corrected chi connectivity index (χ3v) is 2.72. The van der Waals surface area contributed by atoms with E-state index in [1.807, 2.05) is 12.1 Å². The van der Waals surface area contributed by atoms with Crippen LogP contribution in [0, 0.1) is 0 Å². The minimum atomic E-state index is 0.391. The van der Waals surface area contributed by atoms with Crippen LogP contribution in [-0.2, 0) is 13.0 Å². The van der Waals surface area contributed by atoms with Gasteiger partial charge < -0.3 is 4.74 Å². The first-order valence-corrected chi connectivity index (χ1v) is 6.34. The number of rotatable bonds is 5. The van der Waals surface area contributed by atoms with Crippen molar-refractivity contribution in [1.29, 1.82) is 0 Å². The van der Waals surface area contributed by atoms with Crippen LogP contribution in [0.2, 0.25) is 5.15 Å². The van der Waals surface area contributed by atoms with Crippen molar-refractivity contribution >= 4 is 11.6 Å². The normalized spacial score (nSPS) is 10.3. The molecular weight excluding hydrogens is 248 g/mol. The fourth-order valence-electron chi connectivity index (χ4n) is 1.61. The van der Waals surface area contributed by atoms with E-state index in [1.54, 1.807) is 6.20 Å². The Hall–Kier alpha value is -1.61. The fraction of sp³-hybridized carbons (Fsp3) is 0.286. The van der Waals surface area contributed by atoms with E-state index in [0.717, 1.165) is 24.3 Å². The van der Waals surface area contributed by atoms with Gasteiger partial charge in [-0.3, -0.25) is 4.98 Å². The zero-order valence-electron chi connectivity index (χ0n) is 10.3. The van der Waals surface area contributed by atoms with E-state index in [0.29, 0.717) is 11.8 Å². The summed E-state index contributed by atoms with van der Waals surface area (Å²) in [6, 6.07) is 8.14. The summed E-state index contributed by atoms with van der Waals surface area (Å²) in [5.74, 6) is 0.839. The maximum Gasteiger partial charge on any atom is 0.147 e. The Labute approximate surface area is 112 Å². The third kappa shape index (κ3) is 3.70. The molecule has 0 aliphatic heterocycles. The van der Waals surface area contributed by atoms with Crippen molar-refractivity contribution in [3.05, 3.63) is 53.1 Å². The van der Waals surface area contributed by atoms with Gasteiger partial charge in [-0.25, -0.2) is 4.98 Å². The molecule has 0 saturated carbocycles. The number of aromatic nitrogens is 2. The summed E-state index contributed by atoms with van der Waals surface area (Å²) in [5, 5.41) is 0.391. The fourth-order valence-corrected chi connectivity index (χ4v) is 1.71. The Morgan fingerprint density at radius 1 is 1.11 bits per heavy atom. The molecule has 0 aliphatic rings. The molecule has 0 saturated heterocycles. The second-order valence-electron chi connectivity index (χ2n) is 4.01. The summed E-state index contributed by atoms with van der Waals surface area (Å²) in [6.07, 6.45) is 5.39. The van der Waals surface area contributed by atoms with E-state index in [4.69, 9.17) is 16.3 Å². The molecule has 2 rings (SSSR count). The van der Waals surface area contributed by atoms with Crippen molar-refractivity contribution in [3.63, 3.8) is 0 Å². The maximum atomic E-state index is 5.66. The lowest BCUT2D eigenvalue weighted by Gasteiger charge is -2.06. The van der Waals surface area contributed by atoms with Crippen molar-refractivity contribution in [3.8, 4) is 5.75 Å². The summed E-state index contributed by atoms with van der Waals surface area (Å²) in [6.45, 7) is 2.57. The quantitative estimate of drug-likeness (QED) is 0.825. The molecule has 4 heteroatoms. The van der Waals surface area contributed by atoms with Gasteiger partial charge in [0.15, 0.2) is 0 Å². The smallest absolute Gasteiger partial charge is 0.147 e. The van der Waals surface area contributed by atoms with Crippen LogP contribution < -0.4 is 4.74 Å². The van der Waals surface area contributed by atoms with Gasteiger partial charge in [-0.05, 0) is 24.1 Å². The van der Waals surface area contributed by atoms with Gasteiger partial charge in [-0.1, -0.05) is 37.1 Å². The summed E-state index contributed by atoms with van der Waals surface area (Å²) in [4.78, 5) is 8.07. The highest BCUT2D eigenvalue weighted by Crippen LogP contribution is 2.14. The molecule has 0 unspecified atom stereocenters. The van der Waals surface area contributed by atoms with E-state index < -0.39 is 0 Å². The predicted molar refractivity (Wildman–Crippen MR) is 71.8 cm³/mol. The van der Waals surface area contributed by atoms with Crippen molar-refractivity contribution in [2.45, 2.75) is 26.4 Å². The molecule has 0 amide bonds. The van der Waals surface area contributed by atoms with Crippen LogP contribution in [0.15, 0.2) is 36.7 Å². The van der Waals surface area contributed by atoms with Gasteiger partial charge in [-0.2, -0.15) is 0 Å². The lowest BCUT2D eigenvalue weighted by atomic mass is 10.1. The molecule has 1 aromatic carbocycles. The second-order valence-corrected chi connectivity index (χ2v) is 4.40. The number of hydrogen-bond donors (Lipinski definition) is 0. The van der Waals surface area contributed by atoms with Crippen LogP contribution >= 0.6 is 11.6 Å². The Morgan fingerprint density at radius 2 is 1.89 bits per heavy atom. The number of benzene rings is 1. The first-order chi connectivity index (χ1) is 8.78. The van der Waals surface area contributed by atoms with E-state index in [1.165, 1.54) is 11.8 Å². The van der Waals surface area contributed by atoms with Gasteiger partial charge in [0.2, 0.25) is 0 Å². The average molecular weight is 263 g/mol. The number of ether oxygens (including phenoxy) is 1. The van der Waals surface area contributed by atoms with Gasteiger partial charge in [0.1, 0.15) is 17.5 Å². The van der Waals surface area contributed by atoms with E-state index in [-0.39, 0.29) is 0 Å².